The summed E-state index contributed by atoms with van der Waals surface area (Å²) in [5.74, 6) is 0.652. The minimum absolute atomic E-state index is 0.0695. The first-order valence-electron chi connectivity index (χ1n) is 5.94. The molecule has 0 spiro atoms. The van der Waals surface area contributed by atoms with Gasteiger partial charge in [-0.1, -0.05) is 5.16 Å². The Bertz CT molecular complexity index is 572. The van der Waals surface area contributed by atoms with Gasteiger partial charge >= 0.3 is 0 Å². The Hall–Kier alpha value is -1.61. The molecule has 1 fully saturated rings. The maximum absolute atomic E-state index is 12.3. The van der Waals surface area contributed by atoms with Crippen LogP contribution in [0.2, 0.25) is 0 Å². The summed E-state index contributed by atoms with van der Waals surface area (Å²) in [4.78, 5) is 6.63. The van der Waals surface area contributed by atoms with Crippen molar-refractivity contribution in [1.29, 1.82) is 0 Å². The van der Waals surface area contributed by atoms with Crippen molar-refractivity contribution < 1.29 is 13.6 Å². The maximum Gasteiger partial charge on any atom is 0.260 e. The van der Waals surface area contributed by atoms with Crippen LogP contribution in [-0.2, 0) is 10.0 Å². The Morgan fingerprint density at radius 1 is 1.58 bits per heavy atom. The van der Waals surface area contributed by atoms with E-state index in [2.05, 4.69) is 15.1 Å². The number of hydrogen-bond donors (Lipinski definition) is 3. The fourth-order valence-electron chi connectivity index (χ4n) is 2.14. The molecule has 2 heterocycles. The van der Waals surface area contributed by atoms with Crippen LogP contribution in [0.25, 0.3) is 0 Å². The molecular weight excluding hydrogens is 270 g/mol. The summed E-state index contributed by atoms with van der Waals surface area (Å²) in [6, 6.07) is 0. The molecule has 1 aliphatic heterocycles. The zero-order chi connectivity index (χ0) is 14.0. The van der Waals surface area contributed by atoms with E-state index < -0.39 is 10.0 Å². The molecule has 4 N–H and O–H groups in total. The number of aryl methyl sites for hydroxylation is 1. The molecule has 0 aromatic carbocycles. The predicted octanol–water partition coefficient (Wildman–Crippen LogP) is -0.135. The minimum atomic E-state index is -3.52. The van der Waals surface area contributed by atoms with Gasteiger partial charge in [0.15, 0.2) is 5.03 Å². The number of piperidine rings is 1. The molecule has 1 aliphatic rings. The van der Waals surface area contributed by atoms with E-state index in [-0.39, 0.29) is 16.8 Å². The Labute approximate surface area is 111 Å². The van der Waals surface area contributed by atoms with E-state index in [0.29, 0.717) is 31.8 Å². The monoisotopic (exact) mass is 287 g/mol. The van der Waals surface area contributed by atoms with E-state index in [1.54, 1.807) is 6.92 Å². The SMILES string of the molecule is Cc1ncc(S(=O)(=O)N2CCC(C(N)=NO)CC2)[nH]1. The van der Waals surface area contributed by atoms with Gasteiger partial charge in [0.05, 0.1) is 6.20 Å². The quantitative estimate of drug-likeness (QED) is 0.309. The fraction of sp³-hybridized carbons (Fsp3) is 0.600. The van der Waals surface area contributed by atoms with E-state index in [1.165, 1.54) is 10.5 Å². The summed E-state index contributed by atoms with van der Waals surface area (Å²) in [6.07, 6.45) is 2.41. The van der Waals surface area contributed by atoms with Crippen molar-refractivity contribution in [3.8, 4) is 0 Å². The van der Waals surface area contributed by atoms with Gasteiger partial charge in [0.2, 0.25) is 0 Å². The molecule has 106 valence electrons. The second-order valence-corrected chi connectivity index (χ2v) is 6.44. The Morgan fingerprint density at radius 3 is 2.68 bits per heavy atom. The zero-order valence-corrected chi connectivity index (χ0v) is 11.4. The van der Waals surface area contributed by atoms with Crippen LogP contribution < -0.4 is 5.73 Å². The number of amidine groups is 1. The lowest BCUT2D eigenvalue weighted by molar-refractivity contribution is 0.290. The molecule has 0 bridgehead atoms. The van der Waals surface area contributed by atoms with Gasteiger partial charge in [-0.25, -0.2) is 13.4 Å². The molecule has 19 heavy (non-hydrogen) atoms. The minimum Gasteiger partial charge on any atom is -0.409 e. The van der Waals surface area contributed by atoms with Gasteiger partial charge in [-0.15, -0.1) is 0 Å². The van der Waals surface area contributed by atoms with Crippen molar-refractivity contribution in [2.45, 2.75) is 24.8 Å². The van der Waals surface area contributed by atoms with Gasteiger partial charge in [0, 0.05) is 19.0 Å². The predicted molar refractivity (Wildman–Crippen MR) is 68.2 cm³/mol. The van der Waals surface area contributed by atoms with E-state index in [4.69, 9.17) is 10.9 Å². The number of hydrogen-bond acceptors (Lipinski definition) is 5. The third-order valence-corrected chi connectivity index (χ3v) is 5.09. The van der Waals surface area contributed by atoms with Gasteiger partial charge in [-0.3, -0.25) is 0 Å². The summed E-state index contributed by atoms with van der Waals surface area (Å²) in [7, 11) is -3.52. The lowest BCUT2D eigenvalue weighted by Crippen LogP contribution is -2.41. The van der Waals surface area contributed by atoms with Crippen molar-refractivity contribution in [2.75, 3.05) is 13.1 Å². The second-order valence-electron chi connectivity index (χ2n) is 4.54. The van der Waals surface area contributed by atoms with Crippen LogP contribution in [0.15, 0.2) is 16.4 Å². The Kier molecular flexibility index (Phi) is 3.76. The van der Waals surface area contributed by atoms with Crippen molar-refractivity contribution in [2.24, 2.45) is 16.8 Å². The topological polar surface area (TPSA) is 125 Å². The van der Waals surface area contributed by atoms with E-state index in [0.717, 1.165) is 0 Å². The highest BCUT2D eigenvalue weighted by molar-refractivity contribution is 7.89. The summed E-state index contributed by atoms with van der Waals surface area (Å²) in [6.45, 7) is 2.40. The Morgan fingerprint density at radius 2 is 2.21 bits per heavy atom. The van der Waals surface area contributed by atoms with Crippen molar-refractivity contribution >= 4 is 15.9 Å². The number of aromatic amines is 1. The first-order chi connectivity index (χ1) is 8.95. The largest absolute Gasteiger partial charge is 0.409 e. The van der Waals surface area contributed by atoms with E-state index in [9.17, 15) is 8.42 Å². The lowest BCUT2D eigenvalue weighted by atomic mass is 9.97. The van der Waals surface area contributed by atoms with Gasteiger partial charge in [0.25, 0.3) is 10.0 Å². The third kappa shape index (κ3) is 2.71. The summed E-state index contributed by atoms with van der Waals surface area (Å²) < 4.78 is 26.0. The number of imidazole rings is 1. The van der Waals surface area contributed by atoms with Gasteiger partial charge in [-0.05, 0) is 19.8 Å². The highest BCUT2D eigenvalue weighted by atomic mass is 32.2. The smallest absolute Gasteiger partial charge is 0.260 e. The number of oxime groups is 1. The highest BCUT2D eigenvalue weighted by Crippen LogP contribution is 2.23. The molecule has 9 heteroatoms. The highest BCUT2D eigenvalue weighted by Gasteiger charge is 2.31. The standard InChI is InChI=1S/C10H17N5O3S/c1-7-12-6-9(13-7)19(17,18)15-4-2-8(3-5-15)10(11)14-16/h6,8,16H,2-5H2,1H3,(H2,11,14)(H,12,13). The molecule has 2 rings (SSSR count). The van der Waals surface area contributed by atoms with Crippen LogP contribution in [-0.4, -0.2) is 46.8 Å². The molecule has 0 saturated carbocycles. The van der Waals surface area contributed by atoms with Crippen molar-refractivity contribution in [3.63, 3.8) is 0 Å². The summed E-state index contributed by atoms with van der Waals surface area (Å²) in [5.41, 5.74) is 5.53. The first kappa shape index (κ1) is 13.8. The molecule has 0 aliphatic carbocycles. The van der Waals surface area contributed by atoms with Gasteiger partial charge in [0.1, 0.15) is 11.7 Å². The summed E-state index contributed by atoms with van der Waals surface area (Å²) in [5, 5.41) is 11.7. The normalized spacial score (nSPS) is 19.7. The molecule has 0 atom stereocenters. The van der Waals surface area contributed by atoms with Crippen LogP contribution in [0, 0.1) is 12.8 Å². The van der Waals surface area contributed by atoms with E-state index in [1.807, 2.05) is 0 Å². The second kappa shape index (κ2) is 5.17. The fourth-order valence-corrected chi connectivity index (χ4v) is 3.57. The third-order valence-electron chi connectivity index (χ3n) is 3.29. The zero-order valence-electron chi connectivity index (χ0n) is 10.6. The number of nitrogens with two attached hydrogens (primary N) is 1. The maximum atomic E-state index is 12.3. The molecule has 0 amide bonds. The van der Waals surface area contributed by atoms with Crippen LogP contribution in [0.3, 0.4) is 0 Å². The number of H-pyrrole nitrogens is 1. The number of sulfonamides is 1. The van der Waals surface area contributed by atoms with Crippen LogP contribution >= 0.6 is 0 Å². The lowest BCUT2D eigenvalue weighted by Gasteiger charge is -2.29. The van der Waals surface area contributed by atoms with Crippen LogP contribution in [0.4, 0.5) is 0 Å². The average molecular weight is 287 g/mol. The average Bonchev–Trinajstić information content (AvgIpc) is 2.85. The number of rotatable bonds is 3. The molecule has 8 nitrogen and oxygen atoms in total. The first-order valence-corrected chi connectivity index (χ1v) is 7.38. The molecule has 1 aromatic heterocycles. The molecular formula is C10H17N5O3S. The molecule has 0 unspecified atom stereocenters. The van der Waals surface area contributed by atoms with E-state index >= 15 is 0 Å². The van der Waals surface area contributed by atoms with Crippen LogP contribution in [0.1, 0.15) is 18.7 Å². The van der Waals surface area contributed by atoms with Gasteiger partial charge < -0.3 is 15.9 Å². The van der Waals surface area contributed by atoms with Crippen molar-refractivity contribution in [1.82, 2.24) is 14.3 Å². The number of nitrogens with one attached hydrogen (secondary N) is 1. The summed E-state index contributed by atoms with van der Waals surface area (Å²) >= 11 is 0. The number of nitrogens with zero attached hydrogens (tertiary/aromatic N) is 3. The van der Waals surface area contributed by atoms with Crippen molar-refractivity contribution in [3.05, 3.63) is 12.0 Å². The number of aromatic nitrogens is 2. The molecule has 1 aromatic rings. The van der Waals surface area contributed by atoms with Gasteiger partial charge in [-0.2, -0.15) is 4.31 Å². The molecule has 1 saturated heterocycles. The molecule has 0 radical (unpaired) electrons. The van der Waals surface area contributed by atoms with Crippen LogP contribution in [0.5, 0.6) is 0 Å². The Balaban J connectivity index is 2.09.